The number of nitrogens with one attached hydrogen (secondary N) is 1. The lowest BCUT2D eigenvalue weighted by Crippen LogP contribution is -2.36. The van der Waals surface area contributed by atoms with Crippen molar-refractivity contribution in [1.29, 1.82) is 0 Å². The normalized spacial score (nSPS) is 10.3. The number of aromatic nitrogens is 2. The van der Waals surface area contributed by atoms with Crippen molar-refractivity contribution >= 4 is 17.5 Å². The van der Waals surface area contributed by atoms with E-state index in [1.165, 1.54) is 31.2 Å². The number of carbonyl (C=O) groups is 2. The molecular weight excluding hydrogens is 372 g/mol. The summed E-state index contributed by atoms with van der Waals surface area (Å²) < 4.78 is 6.27. The lowest BCUT2D eigenvalue weighted by atomic mass is 10.3. The van der Waals surface area contributed by atoms with Gasteiger partial charge in [0.05, 0.1) is 19.3 Å². The monoisotopic (exact) mass is 392 g/mol. The van der Waals surface area contributed by atoms with Crippen LogP contribution in [0.3, 0.4) is 0 Å². The Morgan fingerprint density at radius 1 is 1.07 bits per heavy atom. The topological polar surface area (TPSA) is 93.5 Å². The number of benzene rings is 2. The van der Waals surface area contributed by atoms with E-state index < -0.39 is 5.91 Å². The zero-order valence-corrected chi connectivity index (χ0v) is 16.0. The minimum atomic E-state index is -0.476. The number of anilines is 1. The van der Waals surface area contributed by atoms with Crippen LogP contribution < -0.4 is 15.6 Å². The van der Waals surface area contributed by atoms with Crippen molar-refractivity contribution in [3.63, 3.8) is 0 Å². The fraction of sp³-hybridized carbons (Fsp3) is 0.143. The third kappa shape index (κ3) is 4.86. The van der Waals surface area contributed by atoms with E-state index in [-0.39, 0.29) is 23.7 Å². The van der Waals surface area contributed by atoms with Crippen LogP contribution in [0.2, 0.25) is 0 Å². The molecule has 1 heterocycles. The van der Waals surface area contributed by atoms with Gasteiger partial charge < -0.3 is 15.0 Å². The predicted molar refractivity (Wildman–Crippen MR) is 108 cm³/mol. The van der Waals surface area contributed by atoms with E-state index in [1.807, 2.05) is 6.07 Å². The van der Waals surface area contributed by atoms with Crippen LogP contribution in [0.1, 0.15) is 10.5 Å². The molecule has 2 amide bonds. The summed E-state index contributed by atoms with van der Waals surface area (Å²) in [5.74, 6) is -0.236. The van der Waals surface area contributed by atoms with Crippen LogP contribution in [0.5, 0.6) is 5.75 Å². The summed E-state index contributed by atoms with van der Waals surface area (Å²) in [6, 6.07) is 18.3. The summed E-state index contributed by atoms with van der Waals surface area (Å²) in [5, 5.41) is 6.85. The lowest BCUT2D eigenvalue weighted by molar-refractivity contribution is -0.116. The Labute approximate surface area is 167 Å². The van der Waals surface area contributed by atoms with Crippen molar-refractivity contribution in [2.75, 3.05) is 26.0 Å². The van der Waals surface area contributed by atoms with E-state index in [2.05, 4.69) is 10.4 Å². The van der Waals surface area contributed by atoms with Crippen molar-refractivity contribution < 1.29 is 14.3 Å². The van der Waals surface area contributed by atoms with Crippen LogP contribution in [-0.4, -0.2) is 47.2 Å². The van der Waals surface area contributed by atoms with Gasteiger partial charge in [0.1, 0.15) is 11.4 Å². The van der Waals surface area contributed by atoms with E-state index in [0.29, 0.717) is 17.1 Å². The van der Waals surface area contributed by atoms with Gasteiger partial charge in [-0.2, -0.15) is 9.78 Å². The summed E-state index contributed by atoms with van der Waals surface area (Å²) in [6.07, 6.45) is 0. The lowest BCUT2D eigenvalue weighted by Gasteiger charge is -2.17. The molecule has 0 aliphatic carbocycles. The van der Waals surface area contributed by atoms with Gasteiger partial charge in [-0.3, -0.25) is 14.4 Å². The van der Waals surface area contributed by atoms with Gasteiger partial charge in [0.15, 0.2) is 0 Å². The highest BCUT2D eigenvalue weighted by atomic mass is 16.5. The van der Waals surface area contributed by atoms with E-state index in [0.717, 1.165) is 4.68 Å². The molecule has 3 aromatic rings. The molecule has 0 radical (unpaired) electrons. The third-order valence-corrected chi connectivity index (χ3v) is 4.10. The predicted octanol–water partition coefficient (Wildman–Crippen LogP) is 1.95. The molecule has 0 atom stereocenters. The quantitative estimate of drug-likeness (QED) is 0.692. The van der Waals surface area contributed by atoms with Crippen LogP contribution in [0, 0.1) is 0 Å². The Balaban J connectivity index is 1.71. The van der Waals surface area contributed by atoms with Gasteiger partial charge in [0.25, 0.3) is 11.5 Å². The van der Waals surface area contributed by atoms with E-state index in [4.69, 9.17) is 4.74 Å². The first-order valence-corrected chi connectivity index (χ1v) is 8.83. The molecule has 1 aromatic heterocycles. The third-order valence-electron chi connectivity index (χ3n) is 4.10. The highest BCUT2D eigenvalue weighted by Crippen LogP contribution is 2.16. The van der Waals surface area contributed by atoms with Crippen LogP contribution >= 0.6 is 0 Å². The van der Waals surface area contributed by atoms with Crippen molar-refractivity contribution in [1.82, 2.24) is 14.7 Å². The summed E-state index contributed by atoms with van der Waals surface area (Å²) >= 11 is 0. The Morgan fingerprint density at radius 2 is 1.83 bits per heavy atom. The van der Waals surface area contributed by atoms with Gasteiger partial charge in [-0.15, -0.1) is 0 Å². The molecule has 29 heavy (non-hydrogen) atoms. The number of carbonyl (C=O) groups excluding carboxylic acids is 2. The summed E-state index contributed by atoms with van der Waals surface area (Å²) in [6.45, 7) is -0.178. The number of rotatable bonds is 6. The first kappa shape index (κ1) is 19.8. The maximum Gasteiger partial charge on any atom is 0.274 e. The average molecular weight is 392 g/mol. The molecule has 0 fully saturated rings. The van der Waals surface area contributed by atoms with Gasteiger partial charge in [0.2, 0.25) is 5.91 Å². The number of nitrogens with zero attached hydrogens (tertiary/aromatic N) is 3. The van der Waals surface area contributed by atoms with E-state index in [9.17, 15) is 14.4 Å². The molecule has 0 aliphatic heterocycles. The highest BCUT2D eigenvalue weighted by Gasteiger charge is 2.18. The van der Waals surface area contributed by atoms with E-state index >= 15 is 0 Å². The van der Waals surface area contributed by atoms with Gasteiger partial charge in [-0.25, -0.2) is 0 Å². The number of para-hydroxylation sites is 1. The van der Waals surface area contributed by atoms with Crippen LogP contribution in [0.4, 0.5) is 5.69 Å². The van der Waals surface area contributed by atoms with Gasteiger partial charge in [-0.05, 0) is 30.3 Å². The summed E-state index contributed by atoms with van der Waals surface area (Å²) in [5.41, 5.74) is 0.813. The summed E-state index contributed by atoms with van der Waals surface area (Å²) in [7, 11) is 3.03. The number of hydrogen-bond acceptors (Lipinski definition) is 5. The van der Waals surface area contributed by atoms with Crippen LogP contribution in [-0.2, 0) is 4.79 Å². The minimum absolute atomic E-state index is 0.0603. The van der Waals surface area contributed by atoms with Crippen molar-refractivity contribution in [3.05, 3.63) is 82.8 Å². The fourth-order valence-electron chi connectivity index (χ4n) is 2.66. The number of methoxy groups -OCH3 is 1. The first-order valence-electron chi connectivity index (χ1n) is 8.83. The molecule has 8 heteroatoms. The summed E-state index contributed by atoms with van der Waals surface area (Å²) in [4.78, 5) is 38.3. The van der Waals surface area contributed by atoms with Gasteiger partial charge >= 0.3 is 0 Å². The van der Waals surface area contributed by atoms with Gasteiger partial charge in [0, 0.05) is 24.9 Å². The maximum absolute atomic E-state index is 12.7. The maximum atomic E-state index is 12.7. The first-order chi connectivity index (χ1) is 14.0. The molecule has 0 saturated heterocycles. The second kappa shape index (κ2) is 8.83. The molecule has 2 aromatic carbocycles. The molecule has 1 N–H and O–H groups in total. The molecular formula is C21H20N4O4. The largest absolute Gasteiger partial charge is 0.497 e. The fourth-order valence-corrected chi connectivity index (χ4v) is 2.66. The Kier molecular flexibility index (Phi) is 6.03. The Bertz CT molecular complexity index is 1080. The number of ether oxygens (including phenoxy) is 1. The van der Waals surface area contributed by atoms with E-state index in [1.54, 1.807) is 48.5 Å². The zero-order valence-electron chi connectivity index (χ0n) is 16.0. The molecule has 0 saturated carbocycles. The molecule has 0 bridgehead atoms. The minimum Gasteiger partial charge on any atom is -0.497 e. The number of likely N-dealkylation sites (N-methyl/N-ethyl adjacent to an activating group) is 1. The molecule has 0 unspecified atom stereocenters. The highest BCUT2D eigenvalue weighted by molar-refractivity contribution is 5.98. The molecule has 8 nitrogen and oxygen atoms in total. The molecule has 148 valence electrons. The second-order valence-electron chi connectivity index (χ2n) is 6.25. The van der Waals surface area contributed by atoms with Crippen LogP contribution in [0.25, 0.3) is 5.69 Å². The van der Waals surface area contributed by atoms with Crippen LogP contribution in [0.15, 0.2) is 71.5 Å². The number of hydrogen-bond donors (Lipinski definition) is 1. The van der Waals surface area contributed by atoms with Gasteiger partial charge in [-0.1, -0.05) is 24.3 Å². The number of amides is 2. The Morgan fingerprint density at radius 3 is 2.55 bits per heavy atom. The average Bonchev–Trinajstić information content (AvgIpc) is 2.74. The Hall–Kier alpha value is -3.94. The second-order valence-corrected chi connectivity index (χ2v) is 6.25. The molecule has 3 rings (SSSR count). The van der Waals surface area contributed by atoms with Crippen molar-refractivity contribution in [2.24, 2.45) is 0 Å². The van der Waals surface area contributed by atoms with Crippen molar-refractivity contribution in [2.45, 2.75) is 0 Å². The molecule has 0 aliphatic rings. The smallest absolute Gasteiger partial charge is 0.274 e. The van der Waals surface area contributed by atoms with Crippen molar-refractivity contribution in [3.8, 4) is 11.4 Å². The zero-order chi connectivity index (χ0) is 20.8. The standard InChI is InChI=1S/C21H20N4O4/c1-24(14-19(26)22-15-7-6-10-17(13-15)29-2)21(28)18-11-12-20(27)25(23-18)16-8-4-3-5-9-16/h3-13H,14H2,1-2H3,(H,22,26). The molecule has 0 spiro atoms. The SMILES string of the molecule is COc1cccc(NC(=O)CN(C)C(=O)c2ccc(=O)n(-c3ccccc3)n2)c1.